The quantitative estimate of drug-likeness (QED) is 0.879. The number of pyridine rings is 1. The molecule has 2 heterocycles. The maximum Gasteiger partial charge on any atom is 0.253 e. The summed E-state index contributed by atoms with van der Waals surface area (Å²) in [6.45, 7) is 1.86. The van der Waals surface area contributed by atoms with Crippen LogP contribution in [0.25, 0.3) is 0 Å². The molecule has 0 spiro atoms. The number of nitrogens with zero attached hydrogens (tertiary/aromatic N) is 1. The summed E-state index contributed by atoms with van der Waals surface area (Å²) in [6.07, 6.45) is 5.16. The van der Waals surface area contributed by atoms with Gasteiger partial charge < -0.3 is 10.6 Å². The van der Waals surface area contributed by atoms with Crippen molar-refractivity contribution in [3.05, 3.63) is 29.0 Å². The van der Waals surface area contributed by atoms with E-state index in [0.29, 0.717) is 10.6 Å². The van der Waals surface area contributed by atoms with Crippen LogP contribution in [0.1, 0.15) is 23.2 Å². The summed E-state index contributed by atoms with van der Waals surface area (Å²) in [4.78, 5) is 15.7. The SMILES string of the molecule is Cl.Cl.O=C(NC1CCCNC1)c1ccncc1Cl. The van der Waals surface area contributed by atoms with E-state index in [1.807, 2.05) is 0 Å². The second kappa shape index (κ2) is 8.53. The van der Waals surface area contributed by atoms with Gasteiger partial charge in [0.15, 0.2) is 0 Å². The molecule has 4 nitrogen and oxygen atoms in total. The minimum Gasteiger partial charge on any atom is -0.348 e. The number of carbonyl (C=O) groups excluding carboxylic acids is 1. The highest BCUT2D eigenvalue weighted by molar-refractivity contribution is 6.33. The van der Waals surface area contributed by atoms with Gasteiger partial charge in [-0.1, -0.05) is 11.6 Å². The fraction of sp³-hybridized carbons (Fsp3) is 0.455. The molecule has 0 aliphatic carbocycles. The van der Waals surface area contributed by atoms with Crippen molar-refractivity contribution in [2.24, 2.45) is 0 Å². The third-order valence-corrected chi connectivity index (χ3v) is 2.95. The van der Waals surface area contributed by atoms with Gasteiger partial charge >= 0.3 is 0 Å². The summed E-state index contributed by atoms with van der Waals surface area (Å²) in [7, 11) is 0. The second-order valence-corrected chi connectivity index (χ2v) is 4.28. The third-order valence-electron chi connectivity index (χ3n) is 2.65. The van der Waals surface area contributed by atoms with Crippen molar-refractivity contribution in [1.82, 2.24) is 15.6 Å². The molecule has 1 saturated heterocycles. The first kappa shape index (κ1) is 17.4. The highest BCUT2D eigenvalue weighted by Crippen LogP contribution is 2.13. The van der Waals surface area contributed by atoms with E-state index in [1.165, 1.54) is 6.20 Å². The first-order valence-electron chi connectivity index (χ1n) is 5.38. The number of hydrogen-bond acceptors (Lipinski definition) is 3. The molecule has 1 amide bonds. The molecule has 18 heavy (non-hydrogen) atoms. The molecule has 1 unspecified atom stereocenters. The third kappa shape index (κ3) is 4.61. The Morgan fingerprint density at radius 1 is 1.50 bits per heavy atom. The van der Waals surface area contributed by atoms with Crippen LogP contribution in [0.15, 0.2) is 18.5 Å². The predicted octanol–water partition coefficient (Wildman–Crippen LogP) is 2.06. The summed E-state index contributed by atoms with van der Waals surface area (Å²) in [5.41, 5.74) is 0.488. The molecule has 102 valence electrons. The van der Waals surface area contributed by atoms with E-state index in [0.717, 1.165) is 25.9 Å². The fourth-order valence-corrected chi connectivity index (χ4v) is 2.00. The number of halogens is 3. The maximum atomic E-state index is 11.9. The van der Waals surface area contributed by atoms with Crippen molar-refractivity contribution in [2.45, 2.75) is 18.9 Å². The Bertz CT molecular complexity index is 384. The van der Waals surface area contributed by atoms with Crippen LogP contribution >= 0.6 is 36.4 Å². The number of carbonyl (C=O) groups is 1. The van der Waals surface area contributed by atoms with Gasteiger partial charge in [-0.2, -0.15) is 0 Å². The summed E-state index contributed by atoms with van der Waals surface area (Å²) < 4.78 is 0. The highest BCUT2D eigenvalue weighted by Gasteiger charge is 2.17. The number of piperidine rings is 1. The molecule has 7 heteroatoms. The maximum absolute atomic E-state index is 11.9. The normalized spacial score (nSPS) is 18.2. The minimum atomic E-state index is -0.124. The van der Waals surface area contributed by atoms with E-state index in [2.05, 4.69) is 15.6 Å². The molecule has 1 aromatic heterocycles. The molecule has 1 aliphatic rings. The summed E-state index contributed by atoms with van der Waals surface area (Å²) in [5, 5.41) is 6.60. The van der Waals surface area contributed by atoms with E-state index in [-0.39, 0.29) is 36.8 Å². The van der Waals surface area contributed by atoms with Crippen LogP contribution in [0, 0.1) is 0 Å². The lowest BCUT2D eigenvalue weighted by atomic mass is 10.1. The number of hydrogen-bond donors (Lipinski definition) is 2. The van der Waals surface area contributed by atoms with Gasteiger partial charge in [-0.05, 0) is 25.5 Å². The molecule has 0 radical (unpaired) electrons. The van der Waals surface area contributed by atoms with Crippen molar-refractivity contribution in [3.63, 3.8) is 0 Å². The molecule has 0 bridgehead atoms. The van der Waals surface area contributed by atoms with Gasteiger partial charge in [0.05, 0.1) is 10.6 Å². The minimum absolute atomic E-state index is 0. The molecule has 1 atom stereocenters. The van der Waals surface area contributed by atoms with E-state index < -0.39 is 0 Å². The van der Waals surface area contributed by atoms with Crippen molar-refractivity contribution < 1.29 is 4.79 Å². The first-order valence-corrected chi connectivity index (χ1v) is 5.76. The van der Waals surface area contributed by atoms with Crippen molar-refractivity contribution in [2.75, 3.05) is 13.1 Å². The second-order valence-electron chi connectivity index (χ2n) is 3.87. The standard InChI is InChI=1S/C11H14ClN3O.2ClH/c12-10-7-14-5-3-9(10)11(16)15-8-2-1-4-13-6-8;;/h3,5,7-8,13H,1-2,4,6H2,(H,15,16);2*1H. The zero-order valence-corrected chi connectivity index (χ0v) is 12.1. The number of rotatable bonds is 2. The van der Waals surface area contributed by atoms with Crippen LogP contribution in [0.2, 0.25) is 5.02 Å². The van der Waals surface area contributed by atoms with E-state index in [4.69, 9.17) is 11.6 Å². The molecule has 2 rings (SSSR count). The van der Waals surface area contributed by atoms with Crippen LogP contribution in [-0.2, 0) is 0 Å². The van der Waals surface area contributed by atoms with Crippen LogP contribution in [0.4, 0.5) is 0 Å². The number of amides is 1. The Morgan fingerprint density at radius 2 is 2.28 bits per heavy atom. The van der Waals surface area contributed by atoms with E-state index >= 15 is 0 Å². The Kier molecular flexibility index (Phi) is 8.27. The van der Waals surface area contributed by atoms with Gasteiger partial charge in [-0.3, -0.25) is 9.78 Å². The van der Waals surface area contributed by atoms with Gasteiger partial charge in [0.2, 0.25) is 0 Å². The van der Waals surface area contributed by atoms with Crippen molar-refractivity contribution in [1.29, 1.82) is 0 Å². The molecular formula is C11H16Cl3N3O. The molecule has 0 saturated carbocycles. The molecule has 0 aromatic carbocycles. The summed E-state index contributed by atoms with van der Waals surface area (Å²) in [5.74, 6) is -0.124. The van der Waals surface area contributed by atoms with Gasteiger partial charge in [-0.15, -0.1) is 24.8 Å². The lowest BCUT2D eigenvalue weighted by Gasteiger charge is -2.23. The van der Waals surface area contributed by atoms with Crippen LogP contribution < -0.4 is 10.6 Å². The lowest BCUT2D eigenvalue weighted by Crippen LogP contribution is -2.45. The van der Waals surface area contributed by atoms with Crippen LogP contribution in [0.5, 0.6) is 0 Å². The van der Waals surface area contributed by atoms with Crippen LogP contribution in [-0.4, -0.2) is 30.0 Å². The Hall–Kier alpha value is -0.550. The smallest absolute Gasteiger partial charge is 0.253 e. The largest absolute Gasteiger partial charge is 0.348 e. The van der Waals surface area contributed by atoms with Gasteiger partial charge in [0.1, 0.15) is 0 Å². The summed E-state index contributed by atoms with van der Waals surface area (Å²) >= 11 is 5.90. The molecule has 1 fully saturated rings. The van der Waals surface area contributed by atoms with Gasteiger partial charge in [-0.25, -0.2) is 0 Å². The number of aromatic nitrogens is 1. The van der Waals surface area contributed by atoms with Crippen molar-refractivity contribution >= 4 is 42.3 Å². The first-order chi connectivity index (χ1) is 7.77. The van der Waals surface area contributed by atoms with E-state index in [1.54, 1.807) is 12.3 Å². The molecular weight excluding hydrogens is 296 g/mol. The summed E-state index contributed by atoms with van der Waals surface area (Å²) in [6, 6.07) is 1.83. The monoisotopic (exact) mass is 311 g/mol. The van der Waals surface area contributed by atoms with E-state index in [9.17, 15) is 4.79 Å². The molecule has 1 aliphatic heterocycles. The zero-order valence-electron chi connectivity index (χ0n) is 9.69. The number of nitrogens with one attached hydrogen (secondary N) is 2. The van der Waals surface area contributed by atoms with Gasteiger partial charge in [0, 0.05) is 25.0 Å². The average molecular weight is 313 g/mol. The Labute approximate surface area is 124 Å². The zero-order chi connectivity index (χ0) is 11.4. The highest BCUT2D eigenvalue weighted by atomic mass is 35.5. The average Bonchev–Trinajstić information content (AvgIpc) is 2.31. The van der Waals surface area contributed by atoms with Crippen LogP contribution in [0.3, 0.4) is 0 Å². The van der Waals surface area contributed by atoms with Crippen molar-refractivity contribution in [3.8, 4) is 0 Å². The predicted molar refractivity (Wildman–Crippen MR) is 77.1 cm³/mol. The lowest BCUT2D eigenvalue weighted by molar-refractivity contribution is 0.0930. The Balaban J connectivity index is 0.00000144. The van der Waals surface area contributed by atoms with Gasteiger partial charge in [0.25, 0.3) is 5.91 Å². The molecule has 2 N–H and O–H groups in total. The topological polar surface area (TPSA) is 54.0 Å². The Morgan fingerprint density at radius 3 is 2.89 bits per heavy atom. The molecule has 1 aromatic rings. The fourth-order valence-electron chi connectivity index (χ4n) is 1.80.